The first-order valence-corrected chi connectivity index (χ1v) is 34.7. The van der Waals surface area contributed by atoms with Crippen LogP contribution in [0.4, 0.5) is 11.4 Å². The normalized spacial score (nSPS) is 18.9. The molecular formula is C68H91N10O14S2+. The van der Waals surface area contributed by atoms with Crippen LogP contribution in [0.25, 0.3) is 0 Å². The maximum atomic E-state index is 14.9. The van der Waals surface area contributed by atoms with Crippen LogP contribution < -0.4 is 26.2 Å². The zero-order chi connectivity index (χ0) is 69.0. The van der Waals surface area contributed by atoms with Crippen molar-refractivity contribution < 1.29 is 68.9 Å². The lowest BCUT2D eigenvalue weighted by molar-refractivity contribution is -0.401. The molecule has 5 atom stereocenters. The first kappa shape index (κ1) is 73.1. The van der Waals surface area contributed by atoms with Gasteiger partial charge >= 0.3 is 0 Å². The minimum Gasteiger partial charge on any atom is -0.356 e. The number of unbranched alkanes of at least 4 members (excludes halogenated alkanes) is 2. The van der Waals surface area contributed by atoms with Gasteiger partial charge in [0.15, 0.2) is 5.71 Å². The van der Waals surface area contributed by atoms with Crippen LogP contribution in [0.3, 0.4) is 0 Å². The summed E-state index contributed by atoms with van der Waals surface area (Å²) in [7, 11) is -0.731. The topological polar surface area (TPSA) is 313 Å². The second kappa shape index (κ2) is 31.3. The van der Waals surface area contributed by atoms with Crippen LogP contribution in [0, 0.1) is 0 Å². The number of hydrogen-bond acceptors (Lipinski definition) is 13. The van der Waals surface area contributed by atoms with Crippen molar-refractivity contribution in [3.8, 4) is 0 Å². The van der Waals surface area contributed by atoms with Gasteiger partial charge in [0.05, 0.1) is 15.2 Å². The molecule has 0 aromatic heterocycles. The molecule has 6 N–H and O–H groups in total. The van der Waals surface area contributed by atoms with Crippen molar-refractivity contribution in [3.05, 3.63) is 132 Å². The van der Waals surface area contributed by atoms with Crippen LogP contribution in [0.1, 0.15) is 122 Å². The third kappa shape index (κ3) is 17.9. The zero-order valence-corrected chi connectivity index (χ0v) is 57.0. The van der Waals surface area contributed by atoms with Gasteiger partial charge in [-0.25, -0.2) is 0 Å². The largest absolute Gasteiger partial charge is 0.356 e. The van der Waals surface area contributed by atoms with E-state index in [2.05, 4.69) is 26.2 Å². The average molecular weight is 1340 g/mol. The standard InChI is InChI=1S/C68H90N10O14S2/c1-45(79)76-40-22-27-56(76)63(83)70-51(26-19-20-32-61(81)73(6)7)62(82)71-52(66(86)78-41-23-28-57(78)64(84)72-53(65(85)74(8)9)42-46-24-14-11-15-25-46)37-38-69-60(80)31-18-13-21-39-77-55-36-34-48(94(90,91)92)44-50(55)68(4,5)59(77)30-17-12-16-29-58-67(2,3)49-43-47(93(87,88)89)33-35-54(49)75(58)10/h11-12,14-17,20,24-25,29-30,32-36,43-44,51-53,56-57H,13,18-19,21-23,26-28,31,37-42H2,1-10H3,(H5-,69,70,71,72,80,82,83,84,87,88,89,90,91,92)/p+1/b32-20+/t51-,52-,53-,56-,57-/m0/s1. The molecule has 3 aromatic carbocycles. The quantitative estimate of drug-likeness (QED) is 0.0178. The molecule has 94 heavy (non-hydrogen) atoms. The van der Waals surface area contributed by atoms with E-state index in [1.807, 2.05) is 100 Å². The van der Waals surface area contributed by atoms with E-state index in [0.29, 0.717) is 57.2 Å². The number of carbonyl (C=O) groups is 8. The number of rotatable bonds is 28. The maximum Gasteiger partial charge on any atom is 0.294 e. The first-order valence-electron chi connectivity index (χ1n) is 31.8. The number of benzene rings is 3. The van der Waals surface area contributed by atoms with Crippen LogP contribution in [-0.4, -0.2) is 195 Å². The number of likely N-dealkylation sites (tertiary alicyclic amines) is 2. The lowest BCUT2D eigenvalue weighted by atomic mass is 9.81. The Morgan fingerprint density at radius 1 is 0.702 bits per heavy atom. The lowest BCUT2D eigenvalue weighted by Gasteiger charge is -2.31. The Balaban J connectivity index is 1.04. The molecule has 0 aliphatic carbocycles. The van der Waals surface area contributed by atoms with E-state index >= 15 is 0 Å². The minimum absolute atomic E-state index is 0.00214. The Morgan fingerprint density at radius 2 is 1.32 bits per heavy atom. The van der Waals surface area contributed by atoms with Crippen LogP contribution >= 0.6 is 0 Å². The number of fused-ring (bicyclic) bond motifs is 2. The molecule has 0 saturated carbocycles. The molecule has 24 nitrogen and oxygen atoms in total. The van der Waals surface area contributed by atoms with Crippen LogP contribution in [0.15, 0.2) is 125 Å². The van der Waals surface area contributed by atoms with Crippen molar-refractivity contribution in [3.63, 3.8) is 0 Å². The third-order valence-corrected chi connectivity index (χ3v) is 19.6. The fourth-order valence-corrected chi connectivity index (χ4v) is 13.8. The summed E-state index contributed by atoms with van der Waals surface area (Å²) >= 11 is 0. The summed E-state index contributed by atoms with van der Waals surface area (Å²) in [4.78, 5) is 117. The average Bonchev–Trinajstić information content (AvgIpc) is 1.60. The van der Waals surface area contributed by atoms with E-state index in [1.54, 1.807) is 46.4 Å². The zero-order valence-electron chi connectivity index (χ0n) is 55.4. The van der Waals surface area contributed by atoms with Crippen molar-refractivity contribution in [2.75, 3.05) is 66.3 Å². The third-order valence-electron chi connectivity index (χ3n) is 17.9. The van der Waals surface area contributed by atoms with Crippen molar-refractivity contribution in [2.45, 2.75) is 162 Å². The SMILES string of the molecule is CC(=O)N1CCC[C@H]1C(=O)N[C@@H](CC/C=C/C(=O)N(C)C)C(=O)N[C@@H](CCNC(=O)CCCCCN1/C(=C/C=C/C=C/C2=[N+](C)c3ccc(S(=O)(=O)O)cc3C2(C)C)C(C)(C)c2cc(S(=O)(=O)O)ccc21)C(=O)N1CCC[C@H]1C(=O)N[C@@H](Cc1ccccc1)C(=O)N(C)C. The maximum absolute atomic E-state index is 14.9. The Bertz CT molecular complexity index is 3760. The molecular weight excluding hydrogens is 1240 g/mol. The highest BCUT2D eigenvalue weighted by molar-refractivity contribution is 7.86. The molecule has 7 rings (SSSR count). The molecule has 508 valence electrons. The molecule has 0 spiro atoms. The second-order valence-corrected chi connectivity index (χ2v) is 28.6. The lowest BCUT2D eigenvalue weighted by Crippen LogP contribution is -2.59. The van der Waals surface area contributed by atoms with E-state index in [0.717, 1.165) is 33.9 Å². The summed E-state index contributed by atoms with van der Waals surface area (Å²) in [5.41, 5.74) is 4.15. The Morgan fingerprint density at radius 3 is 1.95 bits per heavy atom. The number of anilines is 1. The number of allylic oxidation sites excluding steroid dienone is 7. The van der Waals surface area contributed by atoms with Gasteiger partial charge in [0.25, 0.3) is 20.2 Å². The Labute approximate surface area is 552 Å². The number of likely N-dealkylation sites (N-methyl/N-ethyl adjacent to an activating group) is 2. The van der Waals surface area contributed by atoms with E-state index < -0.39 is 84.9 Å². The number of hydrogen-bond donors (Lipinski definition) is 6. The van der Waals surface area contributed by atoms with Crippen LogP contribution in [-0.2, 0) is 75.8 Å². The molecule has 0 unspecified atom stereocenters. The van der Waals surface area contributed by atoms with Gasteiger partial charge in [0.2, 0.25) is 52.9 Å². The summed E-state index contributed by atoms with van der Waals surface area (Å²) in [6, 6.07) is 12.8. The molecule has 3 aromatic rings. The first-order chi connectivity index (χ1) is 44.2. The molecule has 0 radical (unpaired) electrons. The van der Waals surface area contributed by atoms with Crippen molar-refractivity contribution in [1.29, 1.82) is 0 Å². The van der Waals surface area contributed by atoms with Gasteiger partial charge < -0.3 is 45.8 Å². The summed E-state index contributed by atoms with van der Waals surface area (Å²) in [5, 5.41) is 11.4. The summed E-state index contributed by atoms with van der Waals surface area (Å²) in [5.74, 6) is -3.75. The number of amides is 8. The van der Waals surface area contributed by atoms with Gasteiger partial charge in [0.1, 0.15) is 37.3 Å². The second-order valence-electron chi connectivity index (χ2n) is 25.8. The highest BCUT2D eigenvalue weighted by Gasteiger charge is 2.45. The molecule has 2 saturated heterocycles. The van der Waals surface area contributed by atoms with Gasteiger partial charge in [0, 0.05) is 109 Å². The molecule has 2 fully saturated rings. The smallest absolute Gasteiger partial charge is 0.294 e. The van der Waals surface area contributed by atoms with Crippen molar-refractivity contribution in [1.82, 2.24) is 40.9 Å². The van der Waals surface area contributed by atoms with Gasteiger partial charge in [-0.05, 0) is 125 Å². The number of nitrogens with one attached hydrogen (secondary N) is 4. The predicted octanol–water partition coefficient (Wildman–Crippen LogP) is 5.26. The fraction of sp³-hybridized carbons (Fsp3) is 0.485. The molecule has 26 heteroatoms. The van der Waals surface area contributed by atoms with E-state index in [4.69, 9.17) is 0 Å². The van der Waals surface area contributed by atoms with Crippen molar-refractivity contribution >= 4 is 84.6 Å². The monoisotopic (exact) mass is 1340 g/mol. The highest BCUT2D eigenvalue weighted by Crippen LogP contribution is 2.49. The highest BCUT2D eigenvalue weighted by atomic mass is 32.2. The van der Waals surface area contributed by atoms with Gasteiger partial charge in [-0.3, -0.25) is 47.5 Å². The molecule has 4 aliphatic rings. The van der Waals surface area contributed by atoms with Crippen LogP contribution in [0.2, 0.25) is 0 Å². The Kier molecular flexibility index (Phi) is 24.3. The van der Waals surface area contributed by atoms with Crippen molar-refractivity contribution in [2.24, 2.45) is 0 Å². The molecule has 4 heterocycles. The molecule has 0 bridgehead atoms. The number of carbonyl (C=O) groups excluding carboxylic acids is 8. The van der Waals surface area contributed by atoms with E-state index in [-0.39, 0.29) is 85.0 Å². The summed E-state index contributed by atoms with van der Waals surface area (Å²) in [6.45, 7) is 10.1. The van der Waals surface area contributed by atoms with E-state index in [1.165, 1.54) is 56.9 Å². The summed E-state index contributed by atoms with van der Waals surface area (Å²) in [6.07, 6.45) is 16.0. The number of nitrogens with zero attached hydrogens (tertiary/aromatic N) is 6. The molecule has 8 amide bonds. The summed E-state index contributed by atoms with van der Waals surface area (Å²) < 4.78 is 70.4. The van der Waals surface area contributed by atoms with Gasteiger partial charge in [-0.1, -0.05) is 74.9 Å². The minimum atomic E-state index is -4.53. The van der Waals surface area contributed by atoms with E-state index in [9.17, 15) is 64.3 Å². The Hall–Kier alpha value is -8.33. The molecule has 4 aliphatic heterocycles. The van der Waals surface area contributed by atoms with Crippen LogP contribution in [0.5, 0.6) is 0 Å². The van der Waals surface area contributed by atoms with Gasteiger partial charge in [-0.15, -0.1) is 0 Å². The fourth-order valence-electron chi connectivity index (χ4n) is 12.8. The van der Waals surface area contributed by atoms with Gasteiger partial charge in [-0.2, -0.15) is 21.4 Å². The predicted molar refractivity (Wildman–Crippen MR) is 356 cm³/mol.